The lowest BCUT2D eigenvalue weighted by Crippen LogP contribution is -2.24. The van der Waals surface area contributed by atoms with Gasteiger partial charge in [-0.15, -0.1) is 13.2 Å². The second-order valence-corrected chi connectivity index (χ2v) is 7.27. The highest BCUT2D eigenvalue weighted by atomic mass is 35.5. The molecule has 0 aliphatic carbocycles. The van der Waals surface area contributed by atoms with Crippen molar-refractivity contribution in [2.75, 3.05) is 6.54 Å². The molecule has 10 heteroatoms. The number of nitrogens with zero attached hydrogens (tertiary/aromatic N) is 3. The predicted molar refractivity (Wildman–Crippen MR) is 101 cm³/mol. The number of carbonyl (C=O) groups excluding carboxylic acids is 1. The molecule has 1 amide bonds. The van der Waals surface area contributed by atoms with Crippen LogP contribution in [0.4, 0.5) is 13.2 Å². The molecule has 1 fully saturated rings. The first kappa shape index (κ1) is 20.2. The Bertz CT molecular complexity index is 1050. The summed E-state index contributed by atoms with van der Waals surface area (Å²) < 4.78 is 45.9. The zero-order chi connectivity index (χ0) is 21.3. The molecule has 6 nitrogen and oxygen atoms in total. The Labute approximate surface area is 174 Å². The summed E-state index contributed by atoms with van der Waals surface area (Å²) in [5.41, 5.74) is 1.39. The number of rotatable bonds is 5. The van der Waals surface area contributed by atoms with Crippen molar-refractivity contribution < 1.29 is 27.2 Å². The fourth-order valence-corrected chi connectivity index (χ4v) is 3.48. The maximum absolute atomic E-state index is 12.4. The molecule has 0 radical (unpaired) electrons. The summed E-state index contributed by atoms with van der Waals surface area (Å²) >= 11 is 5.99. The zero-order valence-electron chi connectivity index (χ0n) is 15.4. The van der Waals surface area contributed by atoms with Gasteiger partial charge in [-0.1, -0.05) is 28.9 Å². The highest BCUT2D eigenvalue weighted by Crippen LogP contribution is 2.31. The average Bonchev–Trinajstić information content (AvgIpc) is 3.29. The van der Waals surface area contributed by atoms with Gasteiger partial charge in [0.05, 0.1) is 5.92 Å². The number of carbonyl (C=O) groups is 1. The SMILES string of the molecule is O=C1CC(c2nc(-c3ccc(OC(F)(F)F)cc3)no2)CN1Cc1cccc(Cl)c1. The van der Waals surface area contributed by atoms with Crippen LogP contribution in [-0.2, 0) is 11.3 Å². The number of amides is 1. The highest BCUT2D eigenvalue weighted by molar-refractivity contribution is 6.30. The summed E-state index contributed by atoms with van der Waals surface area (Å²) in [5, 5.41) is 4.49. The van der Waals surface area contributed by atoms with Crippen LogP contribution in [0.2, 0.25) is 5.02 Å². The van der Waals surface area contributed by atoms with Crippen LogP contribution in [0.25, 0.3) is 11.4 Å². The van der Waals surface area contributed by atoms with Crippen LogP contribution in [0.1, 0.15) is 23.8 Å². The third kappa shape index (κ3) is 4.73. The van der Waals surface area contributed by atoms with Crippen molar-refractivity contribution in [3.05, 3.63) is 65.0 Å². The smallest absolute Gasteiger partial charge is 0.406 e. The van der Waals surface area contributed by atoms with Crippen molar-refractivity contribution in [2.45, 2.75) is 25.2 Å². The van der Waals surface area contributed by atoms with Crippen molar-refractivity contribution in [3.63, 3.8) is 0 Å². The molecule has 0 saturated carbocycles. The standard InChI is InChI=1S/C20H15ClF3N3O3/c21-15-3-1-2-12(8-15)10-27-11-14(9-17(27)28)19-25-18(26-30-19)13-4-6-16(7-5-13)29-20(22,23)24/h1-8,14H,9-11H2. The lowest BCUT2D eigenvalue weighted by molar-refractivity contribution is -0.274. The third-order valence-corrected chi connectivity index (χ3v) is 4.85. The fraction of sp³-hybridized carbons (Fsp3) is 0.250. The molecule has 1 unspecified atom stereocenters. The van der Waals surface area contributed by atoms with E-state index in [1.807, 2.05) is 12.1 Å². The topological polar surface area (TPSA) is 68.5 Å². The van der Waals surface area contributed by atoms with Gasteiger partial charge in [0.25, 0.3) is 0 Å². The molecule has 3 aromatic rings. The largest absolute Gasteiger partial charge is 0.573 e. The molecule has 2 aromatic carbocycles. The lowest BCUT2D eigenvalue weighted by Gasteiger charge is -2.16. The van der Waals surface area contributed by atoms with Gasteiger partial charge in [0.1, 0.15) is 5.75 Å². The molecule has 0 N–H and O–H groups in total. The van der Waals surface area contributed by atoms with Gasteiger partial charge in [-0.3, -0.25) is 4.79 Å². The number of benzene rings is 2. The molecule has 1 aromatic heterocycles. The Morgan fingerprint density at radius 3 is 2.67 bits per heavy atom. The maximum atomic E-state index is 12.4. The van der Waals surface area contributed by atoms with E-state index in [1.165, 1.54) is 24.3 Å². The van der Waals surface area contributed by atoms with Crippen LogP contribution < -0.4 is 4.74 Å². The van der Waals surface area contributed by atoms with E-state index in [4.69, 9.17) is 16.1 Å². The molecular weight excluding hydrogens is 423 g/mol. The third-order valence-electron chi connectivity index (χ3n) is 4.61. The van der Waals surface area contributed by atoms with Crippen molar-refractivity contribution in [1.29, 1.82) is 0 Å². The Balaban J connectivity index is 1.43. The molecule has 30 heavy (non-hydrogen) atoms. The van der Waals surface area contributed by atoms with Crippen LogP contribution in [-0.4, -0.2) is 33.9 Å². The number of hydrogen-bond donors (Lipinski definition) is 0. The molecular formula is C20H15ClF3N3O3. The van der Waals surface area contributed by atoms with E-state index in [9.17, 15) is 18.0 Å². The van der Waals surface area contributed by atoms with Crippen molar-refractivity contribution in [2.24, 2.45) is 0 Å². The van der Waals surface area contributed by atoms with Crippen LogP contribution in [0.5, 0.6) is 5.75 Å². The maximum Gasteiger partial charge on any atom is 0.573 e. The van der Waals surface area contributed by atoms with E-state index in [0.29, 0.717) is 29.6 Å². The summed E-state index contributed by atoms with van der Waals surface area (Å²) in [6.07, 6.45) is -4.52. The first-order valence-electron chi connectivity index (χ1n) is 8.99. The molecule has 4 rings (SSSR count). The summed E-state index contributed by atoms with van der Waals surface area (Å²) in [6.45, 7) is 0.850. The quantitative estimate of drug-likeness (QED) is 0.573. The molecule has 0 spiro atoms. The van der Waals surface area contributed by atoms with Crippen LogP contribution in [0.3, 0.4) is 0 Å². The van der Waals surface area contributed by atoms with Gasteiger partial charge < -0.3 is 14.2 Å². The zero-order valence-corrected chi connectivity index (χ0v) is 16.2. The highest BCUT2D eigenvalue weighted by Gasteiger charge is 2.34. The molecule has 1 aliphatic heterocycles. The number of hydrogen-bond acceptors (Lipinski definition) is 5. The summed E-state index contributed by atoms with van der Waals surface area (Å²) in [5.74, 6) is -0.0981. The van der Waals surface area contributed by atoms with E-state index in [2.05, 4.69) is 14.9 Å². The molecule has 0 bridgehead atoms. The van der Waals surface area contributed by atoms with E-state index >= 15 is 0 Å². The fourth-order valence-electron chi connectivity index (χ4n) is 3.27. The van der Waals surface area contributed by atoms with Gasteiger partial charge in [0, 0.05) is 30.1 Å². The van der Waals surface area contributed by atoms with E-state index < -0.39 is 6.36 Å². The van der Waals surface area contributed by atoms with Crippen molar-refractivity contribution in [3.8, 4) is 17.1 Å². The Morgan fingerprint density at radius 1 is 1.20 bits per heavy atom. The summed E-state index contributed by atoms with van der Waals surface area (Å²) in [4.78, 5) is 18.4. The van der Waals surface area contributed by atoms with E-state index in [0.717, 1.165) is 5.56 Å². The van der Waals surface area contributed by atoms with E-state index in [-0.39, 0.29) is 29.8 Å². The van der Waals surface area contributed by atoms with Gasteiger partial charge in [0.15, 0.2) is 0 Å². The van der Waals surface area contributed by atoms with Crippen molar-refractivity contribution >= 4 is 17.5 Å². The monoisotopic (exact) mass is 437 g/mol. The first-order valence-corrected chi connectivity index (χ1v) is 9.36. The second-order valence-electron chi connectivity index (χ2n) is 6.83. The number of likely N-dealkylation sites (tertiary alicyclic amines) is 1. The number of alkyl halides is 3. The average molecular weight is 438 g/mol. The number of halogens is 4. The van der Waals surface area contributed by atoms with E-state index in [1.54, 1.807) is 17.0 Å². The minimum absolute atomic E-state index is 0.0339. The van der Waals surface area contributed by atoms with Gasteiger partial charge in [-0.2, -0.15) is 4.98 Å². The number of aromatic nitrogens is 2. The number of ether oxygens (including phenoxy) is 1. The minimum atomic E-state index is -4.76. The Hall–Kier alpha value is -3.07. The van der Waals surface area contributed by atoms with Gasteiger partial charge >= 0.3 is 6.36 Å². The second kappa shape index (κ2) is 7.98. The van der Waals surface area contributed by atoms with Gasteiger partial charge in [0.2, 0.25) is 17.6 Å². The lowest BCUT2D eigenvalue weighted by atomic mass is 10.1. The van der Waals surface area contributed by atoms with Crippen molar-refractivity contribution in [1.82, 2.24) is 15.0 Å². The summed E-state index contributed by atoms with van der Waals surface area (Å²) in [6, 6.07) is 12.4. The molecule has 1 atom stereocenters. The Kier molecular flexibility index (Phi) is 5.38. The normalized spacial score (nSPS) is 16.9. The Morgan fingerprint density at radius 2 is 1.97 bits per heavy atom. The minimum Gasteiger partial charge on any atom is -0.406 e. The van der Waals surface area contributed by atoms with Crippen LogP contribution in [0, 0.1) is 0 Å². The molecule has 2 heterocycles. The van der Waals surface area contributed by atoms with Gasteiger partial charge in [-0.05, 0) is 42.0 Å². The predicted octanol–water partition coefficient (Wildman–Crippen LogP) is 4.80. The van der Waals surface area contributed by atoms with Crippen LogP contribution >= 0.6 is 11.6 Å². The molecule has 1 saturated heterocycles. The van der Waals surface area contributed by atoms with Gasteiger partial charge in [-0.25, -0.2) is 0 Å². The summed E-state index contributed by atoms with van der Waals surface area (Å²) in [7, 11) is 0. The molecule has 1 aliphatic rings. The molecule has 156 valence electrons. The first-order chi connectivity index (χ1) is 14.3. The van der Waals surface area contributed by atoms with Crippen LogP contribution in [0.15, 0.2) is 53.1 Å².